The van der Waals surface area contributed by atoms with Gasteiger partial charge in [0.25, 0.3) is 5.56 Å². The molecule has 0 amide bonds. The first-order chi connectivity index (χ1) is 18.4. The highest BCUT2D eigenvalue weighted by atomic mass is 16.5. The molecule has 7 heteroatoms. The first-order valence-electron chi connectivity index (χ1n) is 12.5. The first-order valence-corrected chi connectivity index (χ1v) is 12.5. The lowest BCUT2D eigenvalue weighted by Gasteiger charge is -2.18. The molecule has 0 spiro atoms. The minimum Gasteiger partial charge on any atom is -0.494 e. The molecular weight excluding hydrogens is 478 g/mol. The van der Waals surface area contributed by atoms with Crippen molar-refractivity contribution >= 4 is 17.1 Å². The second kappa shape index (κ2) is 11.7. The van der Waals surface area contributed by atoms with Gasteiger partial charge in [0.05, 0.1) is 30.8 Å². The summed E-state index contributed by atoms with van der Waals surface area (Å²) in [5.74, 6) is 4.88. The zero-order valence-electron chi connectivity index (χ0n) is 22.3. The maximum absolute atomic E-state index is 13.7. The maximum atomic E-state index is 13.7. The van der Waals surface area contributed by atoms with Gasteiger partial charge in [0, 0.05) is 11.1 Å². The SMILES string of the molecule is C#CCOc1c(C=Nn2c(-c3cc(C(C)C)c(OCC)cc3C)nc3ccccc3c2=O)cccc1OC. The van der Waals surface area contributed by atoms with E-state index < -0.39 is 0 Å². The van der Waals surface area contributed by atoms with Crippen molar-refractivity contribution in [3.8, 4) is 41.0 Å². The standard InChI is InChI=1S/C31H31N3O4/c1-7-16-38-29-22(12-11-15-27(29)36-6)19-32-34-30(33-26-14-10-9-13-23(26)31(34)35)25-18-24(20(3)4)28(37-8-2)17-21(25)5/h1,9-15,17-20H,8,16H2,2-6H3. The summed E-state index contributed by atoms with van der Waals surface area (Å²) in [5, 5.41) is 5.09. The number of fused-ring (bicyclic) bond motifs is 1. The molecule has 0 saturated carbocycles. The molecule has 0 bridgehead atoms. The molecule has 0 unspecified atom stereocenters. The molecule has 7 nitrogen and oxygen atoms in total. The van der Waals surface area contributed by atoms with Crippen molar-refractivity contribution in [2.24, 2.45) is 5.10 Å². The maximum Gasteiger partial charge on any atom is 0.282 e. The average molecular weight is 510 g/mol. The number of methoxy groups -OCH3 is 1. The average Bonchev–Trinajstić information content (AvgIpc) is 2.91. The van der Waals surface area contributed by atoms with Crippen LogP contribution in [0.1, 0.15) is 43.4 Å². The van der Waals surface area contributed by atoms with E-state index in [1.165, 1.54) is 4.68 Å². The summed E-state index contributed by atoms with van der Waals surface area (Å²) in [6, 6.07) is 16.7. The number of nitrogens with zero attached hydrogens (tertiary/aromatic N) is 3. The lowest BCUT2D eigenvalue weighted by atomic mass is 9.96. The van der Waals surface area contributed by atoms with E-state index >= 15 is 0 Å². The Morgan fingerprint density at radius 1 is 1.11 bits per heavy atom. The molecule has 194 valence electrons. The van der Waals surface area contributed by atoms with Gasteiger partial charge in [0.1, 0.15) is 12.4 Å². The summed E-state index contributed by atoms with van der Waals surface area (Å²) >= 11 is 0. The predicted molar refractivity (Wildman–Crippen MR) is 152 cm³/mol. The molecule has 1 heterocycles. The molecule has 3 aromatic carbocycles. The molecule has 0 atom stereocenters. The molecule has 4 aromatic rings. The number of aryl methyl sites for hydroxylation is 1. The fourth-order valence-electron chi connectivity index (χ4n) is 4.26. The van der Waals surface area contributed by atoms with Gasteiger partial charge in [0.15, 0.2) is 17.3 Å². The summed E-state index contributed by atoms with van der Waals surface area (Å²) in [7, 11) is 1.55. The van der Waals surface area contributed by atoms with E-state index in [4.69, 9.17) is 25.6 Å². The summed E-state index contributed by atoms with van der Waals surface area (Å²) in [6.45, 7) is 8.78. The minimum atomic E-state index is -0.282. The van der Waals surface area contributed by atoms with Crippen molar-refractivity contribution in [3.63, 3.8) is 0 Å². The highest BCUT2D eigenvalue weighted by Gasteiger charge is 2.19. The second-order valence-corrected chi connectivity index (χ2v) is 8.98. The molecule has 0 aliphatic carbocycles. The number of terminal acetylenes is 1. The van der Waals surface area contributed by atoms with Crippen LogP contribution in [0.4, 0.5) is 0 Å². The number of hydrogen-bond acceptors (Lipinski definition) is 6. The van der Waals surface area contributed by atoms with Crippen LogP contribution in [0.3, 0.4) is 0 Å². The van der Waals surface area contributed by atoms with Crippen LogP contribution in [0.5, 0.6) is 17.2 Å². The third-order valence-corrected chi connectivity index (χ3v) is 6.11. The second-order valence-electron chi connectivity index (χ2n) is 8.98. The lowest BCUT2D eigenvalue weighted by Crippen LogP contribution is -2.21. The van der Waals surface area contributed by atoms with Crippen LogP contribution in [0, 0.1) is 19.3 Å². The molecule has 0 radical (unpaired) electrons. The smallest absolute Gasteiger partial charge is 0.282 e. The third-order valence-electron chi connectivity index (χ3n) is 6.11. The number of aromatic nitrogens is 2. The molecule has 0 aliphatic rings. The van der Waals surface area contributed by atoms with Gasteiger partial charge in [-0.3, -0.25) is 4.79 Å². The number of hydrogen-bond donors (Lipinski definition) is 0. The Balaban J connectivity index is 1.96. The van der Waals surface area contributed by atoms with Crippen molar-refractivity contribution in [2.45, 2.75) is 33.6 Å². The van der Waals surface area contributed by atoms with E-state index in [9.17, 15) is 4.79 Å². The minimum absolute atomic E-state index is 0.0628. The van der Waals surface area contributed by atoms with Gasteiger partial charge in [-0.05, 0) is 67.3 Å². The van der Waals surface area contributed by atoms with Gasteiger partial charge in [-0.25, -0.2) is 4.98 Å². The van der Waals surface area contributed by atoms with Crippen molar-refractivity contribution in [3.05, 3.63) is 81.6 Å². The summed E-state index contributed by atoms with van der Waals surface area (Å²) in [5.41, 5.74) is 3.67. The van der Waals surface area contributed by atoms with Gasteiger partial charge in [-0.1, -0.05) is 38.0 Å². The van der Waals surface area contributed by atoms with Crippen molar-refractivity contribution in [2.75, 3.05) is 20.3 Å². The van der Waals surface area contributed by atoms with E-state index in [0.29, 0.717) is 40.4 Å². The zero-order valence-corrected chi connectivity index (χ0v) is 22.3. The van der Waals surface area contributed by atoms with E-state index in [-0.39, 0.29) is 18.1 Å². The third kappa shape index (κ3) is 5.25. The first kappa shape index (κ1) is 26.5. The molecular formula is C31H31N3O4. The summed E-state index contributed by atoms with van der Waals surface area (Å²) in [6.07, 6.45) is 6.96. The van der Waals surface area contributed by atoms with Crippen molar-refractivity contribution in [1.29, 1.82) is 0 Å². The van der Waals surface area contributed by atoms with Crippen LogP contribution in [0.25, 0.3) is 22.3 Å². The van der Waals surface area contributed by atoms with E-state index in [0.717, 1.165) is 22.4 Å². The van der Waals surface area contributed by atoms with Crippen molar-refractivity contribution in [1.82, 2.24) is 9.66 Å². The highest BCUT2D eigenvalue weighted by molar-refractivity contribution is 5.86. The quantitative estimate of drug-likeness (QED) is 0.211. The molecule has 0 fully saturated rings. The van der Waals surface area contributed by atoms with E-state index in [1.54, 1.807) is 25.5 Å². The zero-order chi connectivity index (χ0) is 27.2. The van der Waals surface area contributed by atoms with Gasteiger partial charge >= 0.3 is 0 Å². The molecule has 0 saturated heterocycles. The highest BCUT2D eigenvalue weighted by Crippen LogP contribution is 2.34. The Morgan fingerprint density at radius 3 is 2.61 bits per heavy atom. The summed E-state index contributed by atoms with van der Waals surface area (Å²) in [4.78, 5) is 18.6. The fourth-order valence-corrected chi connectivity index (χ4v) is 4.26. The van der Waals surface area contributed by atoms with Gasteiger partial charge in [-0.2, -0.15) is 9.78 Å². The fraction of sp³-hybridized carbons (Fsp3) is 0.258. The normalized spacial score (nSPS) is 11.2. The van der Waals surface area contributed by atoms with E-state index in [1.807, 2.05) is 56.3 Å². The van der Waals surface area contributed by atoms with Gasteiger partial charge in [-0.15, -0.1) is 6.42 Å². The Bertz CT molecular complexity index is 1600. The van der Waals surface area contributed by atoms with Crippen LogP contribution in [-0.2, 0) is 0 Å². The Kier molecular flexibility index (Phi) is 8.12. The topological polar surface area (TPSA) is 74.9 Å². The number of benzene rings is 3. The van der Waals surface area contributed by atoms with Crippen LogP contribution in [0.15, 0.2) is 64.5 Å². The van der Waals surface area contributed by atoms with Crippen LogP contribution >= 0.6 is 0 Å². The molecule has 38 heavy (non-hydrogen) atoms. The Labute approximate surface area is 222 Å². The largest absolute Gasteiger partial charge is 0.494 e. The predicted octanol–water partition coefficient (Wildman–Crippen LogP) is 5.80. The monoisotopic (exact) mass is 509 g/mol. The molecule has 0 aliphatic heterocycles. The van der Waals surface area contributed by atoms with Crippen LogP contribution in [0.2, 0.25) is 0 Å². The molecule has 4 rings (SSSR count). The molecule has 1 aromatic heterocycles. The van der Waals surface area contributed by atoms with Gasteiger partial charge < -0.3 is 14.2 Å². The molecule has 0 N–H and O–H groups in total. The Morgan fingerprint density at radius 2 is 1.89 bits per heavy atom. The van der Waals surface area contributed by atoms with Crippen LogP contribution < -0.4 is 19.8 Å². The van der Waals surface area contributed by atoms with Crippen molar-refractivity contribution < 1.29 is 14.2 Å². The van der Waals surface area contributed by atoms with E-state index in [2.05, 4.69) is 24.9 Å². The summed E-state index contributed by atoms with van der Waals surface area (Å²) < 4.78 is 18.4. The number of para-hydroxylation sites is 2. The lowest BCUT2D eigenvalue weighted by molar-refractivity contribution is 0.330. The number of rotatable bonds is 9. The number of ether oxygens (including phenoxy) is 3. The Hall–Kier alpha value is -4.57. The van der Waals surface area contributed by atoms with Crippen LogP contribution in [-0.4, -0.2) is 36.2 Å². The van der Waals surface area contributed by atoms with Gasteiger partial charge in [0.2, 0.25) is 0 Å².